The number of halogens is 1. The molecule has 2 aromatic rings. The Labute approximate surface area is 202 Å². The first-order valence-corrected chi connectivity index (χ1v) is 13.3. The van der Waals surface area contributed by atoms with Crippen LogP contribution in [0, 0.1) is 19.8 Å². The highest BCUT2D eigenvalue weighted by Crippen LogP contribution is 2.34. The fourth-order valence-corrected chi connectivity index (χ4v) is 7.09. The van der Waals surface area contributed by atoms with E-state index in [4.69, 9.17) is 21.1 Å². The van der Waals surface area contributed by atoms with Gasteiger partial charge in [-0.05, 0) is 85.5 Å². The third-order valence-corrected chi connectivity index (χ3v) is 9.28. The number of hydrogen-bond acceptors (Lipinski definition) is 5. The average Bonchev–Trinajstić information content (AvgIpc) is 2.80. The van der Waals surface area contributed by atoms with Gasteiger partial charge in [-0.2, -0.15) is 4.31 Å². The lowest BCUT2D eigenvalue weighted by Crippen LogP contribution is -2.44. The quantitative estimate of drug-likeness (QED) is 0.597. The van der Waals surface area contributed by atoms with Crippen molar-refractivity contribution in [2.45, 2.75) is 44.6 Å². The number of piperidine rings is 1. The van der Waals surface area contributed by atoms with Crippen molar-refractivity contribution in [1.29, 1.82) is 0 Å². The van der Waals surface area contributed by atoms with Gasteiger partial charge >= 0.3 is 0 Å². The molecule has 1 fully saturated rings. The van der Waals surface area contributed by atoms with E-state index in [0.29, 0.717) is 34.5 Å². The molecule has 1 atom stereocenters. The fraction of sp³-hybridized carbons (Fsp3) is 0.520. The minimum atomic E-state index is -3.55. The number of methoxy groups -OCH3 is 2. The van der Waals surface area contributed by atoms with E-state index in [1.807, 2.05) is 13.8 Å². The topological polar surface area (TPSA) is 59.1 Å². The van der Waals surface area contributed by atoms with Crippen LogP contribution in [0.2, 0.25) is 5.02 Å². The SMILES string of the molecule is COc1cc2c(cc1OC)CN(CC1CCCN(S(=O)(=O)c3cc(C)c(Cl)cc3C)C1)CC2. The number of aryl methyl sites for hydroxylation is 2. The average molecular weight is 493 g/mol. The van der Waals surface area contributed by atoms with Gasteiger partial charge in [-0.25, -0.2) is 8.42 Å². The first-order chi connectivity index (χ1) is 15.7. The standard InChI is InChI=1S/C25H33ClN2O4S/c1-17-11-25(18(2)10-22(17)26)33(29,30)28-8-5-6-19(15-28)14-27-9-7-20-12-23(31-3)24(32-4)13-21(20)16-27/h10-13,19H,5-9,14-16H2,1-4H3. The molecular formula is C25H33ClN2O4S. The van der Waals surface area contributed by atoms with Crippen molar-refractivity contribution in [3.8, 4) is 11.5 Å². The Morgan fingerprint density at radius 2 is 1.70 bits per heavy atom. The zero-order valence-corrected chi connectivity index (χ0v) is 21.4. The predicted octanol–water partition coefficient (Wildman–Crippen LogP) is 4.43. The van der Waals surface area contributed by atoms with Crippen LogP contribution in [0.3, 0.4) is 0 Å². The Kier molecular flexibility index (Phi) is 7.24. The van der Waals surface area contributed by atoms with Gasteiger partial charge in [-0.15, -0.1) is 0 Å². The zero-order valence-electron chi connectivity index (χ0n) is 19.9. The molecule has 1 unspecified atom stereocenters. The Bertz CT molecular complexity index is 1140. The third kappa shape index (κ3) is 5.02. The Morgan fingerprint density at radius 1 is 1.00 bits per heavy atom. The molecule has 0 bridgehead atoms. The van der Waals surface area contributed by atoms with Gasteiger partial charge < -0.3 is 9.47 Å². The second kappa shape index (κ2) is 9.82. The molecule has 2 aliphatic rings. The second-order valence-corrected chi connectivity index (χ2v) is 11.5. The Morgan fingerprint density at radius 3 is 2.39 bits per heavy atom. The number of fused-ring (bicyclic) bond motifs is 1. The molecule has 8 heteroatoms. The molecule has 6 nitrogen and oxygen atoms in total. The van der Waals surface area contributed by atoms with Crippen molar-refractivity contribution in [3.63, 3.8) is 0 Å². The minimum Gasteiger partial charge on any atom is -0.493 e. The summed E-state index contributed by atoms with van der Waals surface area (Å²) in [6.45, 7) is 7.47. The fourth-order valence-electron chi connectivity index (χ4n) is 5.03. The van der Waals surface area contributed by atoms with E-state index in [0.717, 1.165) is 56.0 Å². The molecule has 33 heavy (non-hydrogen) atoms. The van der Waals surface area contributed by atoms with Crippen LogP contribution in [-0.4, -0.2) is 58.0 Å². The maximum Gasteiger partial charge on any atom is 0.243 e. The molecule has 0 spiro atoms. The summed E-state index contributed by atoms with van der Waals surface area (Å²) in [7, 11) is -0.225. The van der Waals surface area contributed by atoms with E-state index in [2.05, 4.69) is 17.0 Å². The van der Waals surface area contributed by atoms with E-state index >= 15 is 0 Å². The lowest BCUT2D eigenvalue weighted by Gasteiger charge is -2.37. The normalized spacial score (nSPS) is 19.8. The maximum absolute atomic E-state index is 13.4. The molecule has 2 aromatic carbocycles. The highest BCUT2D eigenvalue weighted by Gasteiger charge is 2.33. The van der Waals surface area contributed by atoms with Crippen LogP contribution in [0.1, 0.15) is 35.1 Å². The maximum atomic E-state index is 13.4. The van der Waals surface area contributed by atoms with Gasteiger partial charge in [0.05, 0.1) is 19.1 Å². The monoisotopic (exact) mass is 492 g/mol. The number of ether oxygens (including phenoxy) is 2. The Balaban J connectivity index is 1.46. The highest BCUT2D eigenvalue weighted by atomic mass is 35.5. The zero-order chi connectivity index (χ0) is 23.8. The van der Waals surface area contributed by atoms with Gasteiger partial charge in [-0.3, -0.25) is 4.90 Å². The van der Waals surface area contributed by atoms with Crippen molar-refractivity contribution in [2.75, 3.05) is 40.4 Å². The summed E-state index contributed by atoms with van der Waals surface area (Å²) in [6, 6.07) is 7.61. The van der Waals surface area contributed by atoms with E-state index < -0.39 is 10.0 Å². The van der Waals surface area contributed by atoms with E-state index in [-0.39, 0.29) is 0 Å². The van der Waals surface area contributed by atoms with E-state index in [9.17, 15) is 8.42 Å². The van der Waals surface area contributed by atoms with Crippen LogP contribution in [0.25, 0.3) is 0 Å². The number of hydrogen-bond donors (Lipinski definition) is 0. The van der Waals surface area contributed by atoms with E-state index in [1.165, 1.54) is 11.1 Å². The number of rotatable bonds is 6. The third-order valence-electron chi connectivity index (χ3n) is 6.87. The van der Waals surface area contributed by atoms with Crippen LogP contribution in [0.15, 0.2) is 29.2 Å². The smallest absolute Gasteiger partial charge is 0.243 e. The van der Waals surface area contributed by atoms with Crippen LogP contribution >= 0.6 is 11.6 Å². The van der Waals surface area contributed by atoms with Gasteiger partial charge in [0.2, 0.25) is 10.0 Å². The molecule has 180 valence electrons. The first kappa shape index (κ1) is 24.3. The molecule has 0 aliphatic carbocycles. The molecule has 2 heterocycles. The second-order valence-electron chi connectivity index (χ2n) is 9.20. The molecule has 1 saturated heterocycles. The molecular weight excluding hydrogens is 460 g/mol. The predicted molar refractivity (Wildman–Crippen MR) is 131 cm³/mol. The number of sulfonamides is 1. The lowest BCUT2D eigenvalue weighted by molar-refractivity contribution is 0.167. The highest BCUT2D eigenvalue weighted by molar-refractivity contribution is 7.89. The molecule has 0 saturated carbocycles. The number of benzene rings is 2. The largest absolute Gasteiger partial charge is 0.493 e. The molecule has 0 N–H and O–H groups in total. The molecule has 0 radical (unpaired) electrons. The summed E-state index contributed by atoms with van der Waals surface area (Å²) in [5.74, 6) is 1.83. The van der Waals surface area contributed by atoms with Crippen LogP contribution in [0.4, 0.5) is 0 Å². The minimum absolute atomic E-state index is 0.309. The van der Waals surface area contributed by atoms with Crippen molar-refractivity contribution < 1.29 is 17.9 Å². The summed E-state index contributed by atoms with van der Waals surface area (Å²) >= 11 is 6.20. The molecule has 0 amide bonds. The Hall–Kier alpha value is -1.80. The van der Waals surface area contributed by atoms with Gasteiger partial charge in [-0.1, -0.05) is 11.6 Å². The van der Waals surface area contributed by atoms with Crippen molar-refractivity contribution in [3.05, 3.63) is 51.5 Å². The van der Waals surface area contributed by atoms with Gasteiger partial charge in [0.25, 0.3) is 0 Å². The van der Waals surface area contributed by atoms with Crippen molar-refractivity contribution >= 4 is 21.6 Å². The summed E-state index contributed by atoms with van der Waals surface area (Å²) < 4.78 is 39.5. The molecule has 4 rings (SSSR count). The first-order valence-electron chi connectivity index (χ1n) is 11.5. The van der Waals surface area contributed by atoms with Gasteiger partial charge in [0.1, 0.15) is 0 Å². The lowest BCUT2D eigenvalue weighted by atomic mass is 9.95. The van der Waals surface area contributed by atoms with Crippen LogP contribution < -0.4 is 9.47 Å². The van der Waals surface area contributed by atoms with Crippen molar-refractivity contribution in [2.24, 2.45) is 5.92 Å². The summed E-state index contributed by atoms with van der Waals surface area (Å²) in [5, 5.41) is 0.600. The summed E-state index contributed by atoms with van der Waals surface area (Å²) in [5.41, 5.74) is 4.04. The van der Waals surface area contributed by atoms with Crippen LogP contribution in [0.5, 0.6) is 11.5 Å². The van der Waals surface area contributed by atoms with Gasteiger partial charge in [0.15, 0.2) is 11.5 Å². The summed E-state index contributed by atoms with van der Waals surface area (Å²) in [4.78, 5) is 2.81. The van der Waals surface area contributed by atoms with Crippen molar-refractivity contribution in [1.82, 2.24) is 9.21 Å². The summed E-state index contributed by atoms with van der Waals surface area (Å²) in [6.07, 6.45) is 2.87. The van der Waals surface area contributed by atoms with E-state index in [1.54, 1.807) is 30.7 Å². The van der Waals surface area contributed by atoms with Crippen LogP contribution in [-0.2, 0) is 23.0 Å². The number of nitrogens with zero attached hydrogens (tertiary/aromatic N) is 2. The van der Waals surface area contributed by atoms with Gasteiger partial charge in [0, 0.05) is 37.7 Å². The molecule has 0 aromatic heterocycles. The molecule has 2 aliphatic heterocycles.